The molecule has 2 bridgehead atoms. The molecule has 4 unspecified atom stereocenters. The van der Waals surface area contributed by atoms with E-state index in [-0.39, 0.29) is 0 Å². The Bertz CT molecular complexity index is 589. The van der Waals surface area contributed by atoms with Gasteiger partial charge in [-0.15, -0.1) is 0 Å². The molecular weight excluding hydrogens is 290 g/mol. The van der Waals surface area contributed by atoms with Crippen molar-refractivity contribution in [2.24, 2.45) is 28.4 Å². The summed E-state index contributed by atoms with van der Waals surface area (Å²) in [6.45, 7) is 9.70. The minimum atomic E-state index is 0.339. The van der Waals surface area contributed by atoms with Gasteiger partial charge in [-0.25, -0.2) is 0 Å². The SMILES string of the molecule is CC1CC2(C)CC(C)(CC(C)C1N)C2c1ccccccccc1. The Morgan fingerprint density at radius 2 is 1.21 bits per heavy atom. The Kier molecular flexibility index (Phi) is 4.75. The van der Waals surface area contributed by atoms with E-state index in [4.69, 9.17) is 5.73 Å². The van der Waals surface area contributed by atoms with Crippen LogP contribution in [0.2, 0.25) is 0 Å². The third-order valence-corrected chi connectivity index (χ3v) is 6.67. The van der Waals surface area contributed by atoms with Gasteiger partial charge in [0.1, 0.15) is 0 Å². The molecule has 24 heavy (non-hydrogen) atoms. The minimum Gasteiger partial charge on any atom is -0.327 e. The fourth-order valence-corrected chi connectivity index (χ4v) is 6.23. The first-order valence-corrected chi connectivity index (χ1v) is 9.50. The maximum absolute atomic E-state index is 6.54. The van der Waals surface area contributed by atoms with E-state index in [1.54, 1.807) is 0 Å². The molecule has 0 spiro atoms. The summed E-state index contributed by atoms with van der Waals surface area (Å²) in [5, 5.41) is 0. The van der Waals surface area contributed by atoms with Crippen molar-refractivity contribution in [3.63, 3.8) is 0 Å². The van der Waals surface area contributed by atoms with E-state index < -0.39 is 0 Å². The largest absolute Gasteiger partial charge is 0.327 e. The fourth-order valence-electron chi connectivity index (χ4n) is 6.23. The molecule has 0 amide bonds. The van der Waals surface area contributed by atoms with Crippen LogP contribution in [0.1, 0.15) is 58.4 Å². The van der Waals surface area contributed by atoms with Crippen molar-refractivity contribution in [1.82, 2.24) is 0 Å². The van der Waals surface area contributed by atoms with E-state index in [0.29, 0.717) is 34.6 Å². The fraction of sp³-hybridized carbons (Fsp3) is 0.565. The molecular formula is C23H33N. The highest BCUT2D eigenvalue weighted by Gasteiger charge is 2.60. The lowest BCUT2D eigenvalue weighted by molar-refractivity contribution is -0.101. The van der Waals surface area contributed by atoms with E-state index in [0.717, 1.165) is 0 Å². The number of nitrogens with two attached hydrogens (primary N) is 1. The molecule has 2 fully saturated rings. The normalized spacial score (nSPS) is 41.4. The predicted octanol–water partition coefficient (Wildman–Crippen LogP) is 5.70. The molecule has 0 heterocycles. The zero-order chi connectivity index (χ0) is 17.4. The zero-order valence-corrected chi connectivity index (χ0v) is 15.7. The Morgan fingerprint density at radius 1 is 0.792 bits per heavy atom. The van der Waals surface area contributed by atoms with Crippen LogP contribution >= 0.6 is 0 Å². The highest BCUT2D eigenvalue weighted by atomic mass is 14.7. The summed E-state index contributed by atoms with van der Waals surface area (Å²) in [6.07, 6.45) is 3.81. The molecule has 2 N–H and O–H groups in total. The van der Waals surface area contributed by atoms with Crippen LogP contribution in [0.3, 0.4) is 0 Å². The molecule has 3 rings (SSSR count). The zero-order valence-electron chi connectivity index (χ0n) is 15.7. The van der Waals surface area contributed by atoms with Crippen molar-refractivity contribution in [2.45, 2.75) is 58.9 Å². The molecule has 1 heteroatoms. The standard InChI is InChI=1S/C23H33N/c1-17-14-22(3)16-23(4,15-18(2)20(17)24)21(22)19-12-10-8-6-5-7-9-11-13-19/h5-13,17-18,20-21H,14-16,24H2,1-4H3. The average Bonchev–Trinajstić information content (AvgIpc) is 2.51. The molecule has 1 aromatic carbocycles. The lowest BCUT2D eigenvalue weighted by atomic mass is 9.40. The lowest BCUT2D eigenvalue weighted by Gasteiger charge is -2.65. The van der Waals surface area contributed by atoms with E-state index in [9.17, 15) is 0 Å². The number of rotatable bonds is 1. The van der Waals surface area contributed by atoms with Gasteiger partial charge in [0.25, 0.3) is 0 Å². The summed E-state index contributed by atoms with van der Waals surface area (Å²) < 4.78 is 0. The summed E-state index contributed by atoms with van der Waals surface area (Å²) in [6, 6.07) is 19.9. The van der Waals surface area contributed by atoms with Crippen LogP contribution in [0, 0.1) is 22.7 Å². The Morgan fingerprint density at radius 3 is 1.67 bits per heavy atom. The molecule has 0 aromatic heterocycles. The van der Waals surface area contributed by atoms with Gasteiger partial charge < -0.3 is 5.73 Å². The smallest absolute Gasteiger partial charge is 0.00907 e. The summed E-state index contributed by atoms with van der Waals surface area (Å²) in [7, 11) is 0. The van der Waals surface area contributed by atoms with Crippen LogP contribution in [0.25, 0.3) is 0 Å². The van der Waals surface area contributed by atoms with Gasteiger partial charge in [-0.2, -0.15) is 0 Å². The Labute approximate surface area is 148 Å². The summed E-state index contributed by atoms with van der Waals surface area (Å²) in [4.78, 5) is 0. The molecule has 0 saturated heterocycles. The van der Waals surface area contributed by atoms with Crippen molar-refractivity contribution in [3.05, 3.63) is 60.2 Å². The minimum absolute atomic E-state index is 0.339. The van der Waals surface area contributed by atoms with Crippen molar-refractivity contribution in [3.8, 4) is 0 Å². The molecule has 1 aromatic rings. The maximum atomic E-state index is 6.54. The van der Waals surface area contributed by atoms with Crippen molar-refractivity contribution >= 4 is 0 Å². The molecule has 4 atom stereocenters. The van der Waals surface area contributed by atoms with Gasteiger partial charge in [0, 0.05) is 6.04 Å². The van der Waals surface area contributed by atoms with E-state index in [1.165, 1.54) is 24.8 Å². The first-order valence-electron chi connectivity index (χ1n) is 9.50. The number of hydrogen-bond donors (Lipinski definition) is 1. The van der Waals surface area contributed by atoms with Crippen molar-refractivity contribution < 1.29 is 0 Å². The predicted molar refractivity (Wildman–Crippen MR) is 103 cm³/mol. The van der Waals surface area contributed by atoms with E-state index >= 15 is 0 Å². The van der Waals surface area contributed by atoms with Gasteiger partial charge in [0.2, 0.25) is 0 Å². The van der Waals surface area contributed by atoms with Gasteiger partial charge >= 0.3 is 0 Å². The molecule has 130 valence electrons. The second kappa shape index (κ2) is 6.52. The van der Waals surface area contributed by atoms with Crippen LogP contribution in [-0.2, 0) is 0 Å². The maximum Gasteiger partial charge on any atom is 0.00907 e. The van der Waals surface area contributed by atoms with Crippen LogP contribution in [0.4, 0.5) is 0 Å². The van der Waals surface area contributed by atoms with Gasteiger partial charge in [-0.1, -0.05) is 82.3 Å². The highest BCUT2D eigenvalue weighted by molar-refractivity contribution is 5.29. The first-order chi connectivity index (χ1) is 11.4. The van der Waals surface area contributed by atoms with E-state index in [2.05, 4.69) is 82.3 Å². The summed E-state index contributed by atoms with van der Waals surface area (Å²) >= 11 is 0. The third kappa shape index (κ3) is 3.11. The number of hydrogen-bond acceptors (Lipinski definition) is 1. The molecule has 0 aliphatic heterocycles. The first kappa shape index (κ1) is 17.5. The van der Waals surface area contributed by atoms with Gasteiger partial charge in [0.15, 0.2) is 0 Å². The average molecular weight is 324 g/mol. The van der Waals surface area contributed by atoms with Gasteiger partial charge in [-0.3, -0.25) is 0 Å². The quantitative estimate of drug-likeness (QED) is 0.704. The highest BCUT2D eigenvalue weighted by Crippen LogP contribution is 2.69. The molecule has 2 aliphatic rings. The molecule has 2 aliphatic carbocycles. The number of fused-ring (bicyclic) bond motifs is 2. The van der Waals surface area contributed by atoms with Crippen LogP contribution in [-0.4, -0.2) is 6.04 Å². The lowest BCUT2D eigenvalue weighted by Crippen LogP contribution is -2.57. The topological polar surface area (TPSA) is 26.0 Å². The second-order valence-electron chi connectivity index (χ2n) is 9.04. The van der Waals surface area contributed by atoms with Crippen molar-refractivity contribution in [2.75, 3.05) is 0 Å². The van der Waals surface area contributed by atoms with Crippen LogP contribution in [0.5, 0.6) is 0 Å². The monoisotopic (exact) mass is 323 g/mol. The Balaban J connectivity index is 2.04. The van der Waals surface area contributed by atoms with Gasteiger partial charge in [-0.05, 0) is 53.4 Å². The van der Waals surface area contributed by atoms with E-state index in [1.807, 2.05) is 0 Å². The van der Waals surface area contributed by atoms with Crippen LogP contribution < -0.4 is 5.73 Å². The molecule has 1 nitrogen and oxygen atoms in total. The molecule has 2 saturated carbocycles. The molecule has 0 radical (unpaired) electrons. The van der Waals surface area contributed by atoms with Crippen molar-refractivity contribution in [1.29, 1.82) is 0 Å². The third-order valence-electron chi connectivity index (χ3n) is 6.67. The summed E-state index contributed by atoms with van der Waals surface area (Å²) in [5.41, 5.74) is 8.78. The van der Waals surface area contributed by atoms with Gasteiger partial charge in [0.05, 0.1) is 0 Å². The Hall–Kier alpha value is -1.34. The van der Waals surface area contributed by atoms with Crippen LogP contribution in [0.15, 0.2) is 54.6 Å². The second-order valence-corrected chi connectivity index (χ2v) is 9.04. The summed E-state index contributed by atoms with van der Waals surface area (Å²) in [5.74, 6) is 1.82.